The number of nitrogens with zero attached hydrogens (tertiary/aromatic N) is 1. The predicted molar refractivity (Wildman–Crippen MR) is 34.8 cm³/mol. The molecule has 0 amide bonds. The van der Waals surface area contributed by atoms with Gasteiger partial charge in [0, 0.05) is 0 Å². The van der Waals surface area contributed by atoms with Crippen LogP contribution >= 0.6 is 0 Å². The molecule has 4 heteroatoms. The number of rotatable bonds is 1. The molecular weight excluding hydrogens is 134 g/mol. The highest BCUT2D eigenvalue weighted by Gasteiger charge is 2.03. The Morgan fingerprint density at radius 2 is 1.78 bits per heavy atom. The van der Waals surface area contributed by atoms with Crippen LogP contribution in [0.4, 0.5) is 0 Å². The maximum Gasteiger partial charge on any atom is 0.471 e. The summed E-state index contributed by atoms with van der Waals surface area (Å²) >= 11 is 0. The molecule has 1 aromatic rings. The quantitative estimate of drug-likeness (QED) is 0.327. The van der Waals surface area contributed by atoms with Crippen molar-refractivity contribution in [3.63, 3.8) is 0 Å². The first-order valence-electron chi connectivity index (χ1n) is 2.50. The van der Waals surface area contributed by atoms with Crippen molar-refractivity contribution in [1.29, 1.82) is 0 Å². The predicted octanol–water partition coefficient (Wildman–Crippen LogP) is 0.752. The number of nitro groups is 1. The average Bonchev–Trinajstić information content (AvgIpc) is 1.90. The summed E-state index contributed by atoms with van der Waals surface area (Å²) in [4.78, 5) is 10.1. The van der Waals surface area contributed by atoms with E-state index < -0.39 is 8.56 Å². The first-order chi connectivity index (χ1) is 4.30. The normalized spacial score (nSPS) is 8.89. The first kappa shape index (κ1) is 6.09. The third-order valence-electron chi connectivity index (χ3n) is 0.967. The Bertz CT molecular complexity index is 211. The second-order valence-electron chi connectivity index (χ2n) is 1.59. The Hall–Kier alpha value is -1.03. The zero-order valence-corrected chi connectivity index (χ0v) is 5.65. The van der Waals surface area contributed by atoms with Gasteiger partial charge in [-0.2, -0.15) is 0 Å². The van der Waals surface area contributed by atoms with Gasteiger partial charge < -0.3 is 0 Å². The summed E-state index contributed by atoms with van der Waals surface area (Å²) in [7, 11) is -1.54. The van der Waals surface area contributed by atoms with Gasteiger partial charge in [-0.05, 0) is 15.9 Å². The molecule has 0 unspecified atom stereocenters. The average molecular weight is 139 g/mol. The topological polar surface area (TPSA) is 43.1 Å². The molecule has 0 saturated carbocycles. The lowest BCUT2D eigenvalue weighted by Gasteiger charge is -1.84. The summed E-state index contributed by atoms with van der Waals surface area (Å²) in [5, 5.41) is 10.1. The molecule has 0 atom stereocenters. The van der Waals surface area contributed by atoms with Gasteiger partial charge in [0.2, 0.25) is 0 Å². The highest BCUT2D eigenvalue weighted by Crippen LogP contribution is 1.84. The van der Waals surface area contributed by atoms with E-state index in [0.29, 0.717) is 0 Å². The van der Waals surface area contributed by atoms with E-state index in [1.165, 1.54) is 0 Å². The van der Waals surface area contributed by atoms with Crippen LogP contribution in [-0.4, -0.2) is 13.1 Å². The summed E-state index contributed by atoms with van der Waals surface area (Å²) in [5.41, 5.74) is 3.29. The molecule has 0 saturated heterocycles. The monoisotopic (exact) mass is 139 g/mol. The molecule has 0 spiro atoms. The Balaban J connectivity index is 2.98. The highest BCUT2D eigenvalue weighted by molar-refractivity contribution is 6.41. The minimum atomic E-state index is -1.54. The van der Waals surface area contributed by atoms with Crippen LogP contribution in [0.5, 0.6) is 0 Å². The Labute approximate surface area is 53.7 Å². The molecule has 0 aliphatic rings. The second kappa shape index (κ2) is 2.50. The van der Waals surface area contributed by atoms with E-state index in [-0.39, 0.29) is 4.59 Å². The SMILES string of the molecule is O=[N+]([O-])[si]1ccccc1. The van der Waals surface area contributed by atoms with Gasteiger partial charge in [-0.1, -0.05) is 18.2 Å². The first-order valence-corrected chi connectivity index (χ1v) is 4.10. The van der Waals surface area contributed by atoms with E-state index in [0.717, 1.165) is 0 Å². The van der Waals surface area contributed by atoms with E-state index in [9.17, 15) is 10.1 Å². The summed E-state index contributed by atoms with van der Waals surface area (Å²) in [6.07, 6.45) is 0. The van der Waals surface area contributed by atoms with Crippen molar-refractivity contribution < 1.29 is 4.59 Å². The summed E-state index contributed by atoms with van der Waals surface area (Å²) in [5.74, 6) is 0. The van der Waals surface area contributed by atoms with Crippen molar-refractivity contribution in [2.24, 2.45) is 0 Å². The Morgan fingerprint density at radius 1 is 1.22 bits per heavy atom. The molecule has 1 heterocycles. The second-order valence-corrected chi connectivity index (χ2v) is 3.47. The van der Waals surface area contributed by atoms with Gasteiger partial charge in [0.25, 0.3) is 0 Å². The molecule has 1 aromatic heterocycles. The van der Waals surface area contributed by atoms with Crippen molar-refractivity contribution >= 4 is 8.56 Å². The van der Waals surface area contributed by atoms with Crippen molar-refractivity contribution in [3.8, 4) is 0 Å². The maximum absolute atomic E-state index is 10.1. The van der Waals surface area contributed by atoms with E-state index in [4.69, 9.17) is 0 Å². The van der Waals surface area contributed by atoms with E-state index >= 15 is 0 Å². The minimum Gasteiger partial charge on any atom is -0.282 e. The molecule has 1 rings (SSSR count). The number of hydrogen-bond donors (Lipinski definition) is 0. The largest absolute Gasteiger partial charge is 0.471 e. The van der Waals surface area contributed by atoms with Gasteiger partial charge in [-0.3, -0.25) is 10.1 Å². The van der Waals surface area contributed by atoms with Crippen LogP contribution in [-0.2, 0) is 0 Å². The highest BCUT2D eigenvalue weighted by atomic mass is 28.2. The van der Waals surface area contributed by atoms with Gasteiger partial charge in [0.05, 0.1) is 0 Å². The molecule has 0 fully saturated rings. The van der Waals surface area contributed by atoms with Crippen LogP contribution in [0, 0.1) is 10.1 Å². The van der Waals surface area contributed by atoms with Gasteiger partial charge in [0.1, 0.15) is 0 Å². The third kappa shape index (κ3) is 1.43. The van der Waals surface area contributed by atoms with Gasteiger partial charge in [-0.15, -0.1) is 0 Å². The molecule has 46 valence electrons. The number of hydrogen-bond acceptors (Lipinski definition) is 2. The van der Waals surface area contributed by atoms with Crippen molar-refractivity contribution in [3.05, 3.63) is 39.7 Å². The van der Waals surface area contributed by atoms with Gasteiger partial charge in [0.15, 0.2) is 0 Å². The lowest BCUT2D eigenvalue weighted by atomic mass is 10.6. The van der Waals surface area contributed by atoms with Crippen LogP contribution < -0.4 is 0 Å². The fourth-order valence-corrected chi connectivity index (χ4v) is 1.52. The minimum absolute atomic E-state index is 0.231. The van der Waals surface area contributed by atoms with Gasteiger partial charge in [-0.25, -0.2) is 0 Å². The molecule has 0 aromatic carbocycles. The van der Waals surface area contributed by atoms with Crippen LogP contribution in [0.2, 0.25) is 0 Å². The van der Waals surface area contributed by atoms with E-state index in [1.54, 1.807) is 29.6 Å². The molecule has 9 heavy (non-hydrogen) atoms. The molecule has 0 aliphatic carbocycles. The van der Waals surface area contributed by atoms with Crippen LogP contribution in [0.1, 0.15) is 0 Å². The lowest BCUT2D eigenvalue weighted by molar-refractivity contribution is -0.322. The van der Waals surface area contributed by atoms with Crippen molar-refractivity contribution in [2.75, 3.05) is 0 Å². The fraction of sp³-hybridized carbons (Fsp3) is 0. The Morgan fingerprint density at radius 3 is 2.11 bits per heavy atom. The summed E-state index contributed by atoms with van der Waals surface area (Å²) < 4.78 is -0.231. The smallest absolute Gasteiger partial charge is 0.282 e. The van der Waals surface area contributed by atoms with Crippen molar-refractivity contribution in [2.45, 2.75) is 0 Å². The summed E-state index contributed by atoms with van der Waals surface area (Å²) in [6.45, 7) is 0. The van der Waals surface area contributed by atoms with Crippen LogP contribution in [0.25, 0.3) is 0 Å². The third-order valence-corrected chi connectivity index (χ3v) is 2.46. The summed E-state index contributed by atoms with van der Waals surface area (Å²) in [6, 6.07) is 5.23. The molecule has 3 nitrogen and oxygen atoms in total. The maximum atomic E-state index is 10.1. The van der Waals surface area contributed by atoms with E-state index in [2.05, 4.69) is 0 Å². The van der Waals surface area contributed by atoms with Gasteiger partial charge >= 0.3 is 8.56 Å². The Kier molecular flexibility index (Phi) is 1.69. The van der Waals surface area contributed by atoms with Crippen molar-refractivity contribution in [1.82, 2.24) is 0 Å². The molecular formula is C5H5NO2Si. The molecule has 0 N–H and O–H groups in total. The standard InChI is InChI=1S/C5H5NO2Si/c7-6(8)9-4-2-1-3-5-9/h1-5H. The van der Waals surface area contributed by atoms with Crippen LogP contribution in [0.3, 0.4) is 0 Å². The van der Waals surface area contributed by atoms with Crippen LogP contribution in [0.15, 0.2) is 29.6 Å². The molecule has 0 radical (unpaired) electrons. The molecule has 0 bridgehead atoms. The zero-order valence-electron chi connectivity index (χ0n) is 4.65. The lowest BCUT2D eigenvalue weighted by Crippen LogP contribution is -2.08. The molecule has 0 aliphatic heterocycles. The van der Waals surface area contributed by atoms with E-state index in [1.807, 2.05) is 0 Å². The zero-order chi connectivity index (χ0) is 6.69. The fourth-order valence-electron chi connectivity index (χ4n) is 0.550.